The van der Waals surface area contributed by atoms with E-state index in [2.05, 4.69) is 4.98 Å². The van der Waals surface area contributed by atoms with Gasteiger partial charge in [0.1, 0.15) is 0 Å². The molecule has 0 aliphatic carbocycles. The molecule has 3 rings (SSSR count). The van der Waals surface area contributed by atoms with Crippen LogP contribution in [0.1, 0.15) is 38.1 Å². The summed E-state index contributed by atoms with van der Waals surface area (Å²) in [6, 6.07) is 6.61. The van der Waals surface area contributed by atoms with E-state index in [1.54, 1.807) is 31.5 Å². The van der Waals surface area contributed by atoms with Gasteiger partial charge in [-0.15, -0.1) is 0 Å². The molecule has 172 valence electrons. The highest BCUT2D eigenvalue weighted by Gasteiger charge is 2.46. The lowest BCUT2D eigenvalue weighted by Crippen LogP contribution is -2.35. The Morgan fingerprint density at radius 1 is 1.00 bits per heavy atom. The second-order valence-electron chi connectivity index (χ2n) is 8.39. The van der Waals surface area contributed by atoms with Crippen molar-refractivity contribution in [2.75, 3.05) is 0 Å². The largest absolute Gasteiger partial charge is 0.501 e. The maximum atomic E-state index is 13.4. The molecular weight excluding hydrogens is 447 g/mol. The van der Waals surface area contributed by atoms with E-state index >= 15 is 0 Å². The van der Waals surface area contributed by atoms with Crippen molar-refractivity contribution in [2.24, 2.45) is 5.41 Å². The Morgan fingerprint density at radius 2 is 1.53 bits per heavy atom. The van der Waals surface area contributed by atoms with Crippen LogP contribution in [-0.2, 0) is 9.84 Å². The van der Waals surface area contributed by atoms with E-state index < -0.39 is 43.3 Å². The zero-order chi connectivity index (χ0) is 24.1. The molecule has 0 amide bonds. The topological polar surface area (TPSA) is 94.2 Å². The first-order valence-corrected chi connectivity index (χ1v) is 11.0. The third kappa shape index (κ3) is 3.92. The van der Waals surface area contributed by atoms with E-state index in [-0.39, 0.29) is 11.4 Å². The molecule has 0 spiro atoms. The highest BCUT2D eigenvalue weighted by atomic mass is 32.2. The van der Waals surface area contributed by atoms with Crippen molar-refractivity contribution in [3.05, 3.63) is 70.5 Å². The highest BCUT2D eigenvalue weighted by molar-refractivity contribution is 7.92. The van der Waals surface area contributed by atoms with Crippen molar-refractivity contribution in [3.8, 4) is 11.6 Å². The Bertz CT molecular complexity index is 1290. The zero-order valence-electron chi connectivity index (χ0n) is 17.8. The molecule has 1 aromatic carbocycles. The third-order valence-electron chi connectivity index (χ3n) is 5.10. The number of rotatable bonds is 4. The van der Waals surface area contributed by atoms with Gasteiger partial charge in [0.05, 0.1) is 22.3 Å². The lowest BCUT2D eigenvalue weighted by molar-refractivity contribution is -0.0436. The first-order valence-electron chi connectivity index (χ1n) is 9.52. The normalized spacial score (nSPS) is 13.8. The molecule has 2 aromatic heterocycles. The summed E-state index contributed by atoms with van der Waals surface area (Å²) in [5.74, 6) is -0.398. The van der Waals surface area contributed by atoms with Crippen molar-refractivity contribution in [1.29, 1.82) is 0 Å². The van der Waals surface area contributed by atoms with Gasteiger partial charge in [0, 0.05) is 12.4 Å². The summed E-state index contributed by atoms with van der Waals surface area (Å²) in [5, 5.41) is 10.7. The van der Waals surface area contributed by atoms with Crippen LogP contribution in [0.15, 0.2) is 58.5 Å². The number of aromatic hydroxyl groups is 1. The van der Waals surface area contributed by atoms with E-state index in [1.807, 2.05) is 20.8 Å². The van der Waals surface area contributed by atoms with Gasteiger partial charge in [-0.05, 0) is 54.3 Å². The van der Waals surface area contributed by atoms with Gasteiger partial charge in [-0.2, -0.15) is 13.2 Å². The van der Waals surface area contributed by atoms with Crippen molar-refractivity contribution in [1.82, 2.24) is 14.1 Å². The summed E-state index contributed by atoms with van der Waals surface area (Å²) >= 11 is 0. The molecule has 0 aliphatic rings. The van der Waals surface area contributed by atoms with Gasteiger partial charge in [0.2, 0.25) is 5.88 Å². The lowest BCUT2D eigenvalue weighted by Gasteiger charge is -2.32. The molecule has 1 unspecified atom stereocenters. The predicted molar refractivity (Wildman–Crippen MR) is 112 cm³/mol. The number of nitrogens with zero attached hydrogens (tertiary/aromatic N) is 3. The van der Waals surface area contributed by atoms with Gasteiger partial charge in [0.25, 0.3) is 9.84 Å². The number of sulfone groups is 1. The van der Waals surface area contributed by atoms with Crippen LogP contribution >= 0.6 is 0 Å². The molecular formula is C21H22F3N3O4S. The lowest BCUT2D eigenvalue weighted by atomic mass is 9.82. The van der Waals surface area contributed by atoms with Crippen LogP contribution in [0.3, 0.4) is 0 Å². The van der Waals surface area contributed by atoms with Crippen LogP contribution in [0.2, 0.25) is 0 Å². The standard InChI is InChI=1S/C21H22F3N3O4S/c1-13-18(28)27(15-5-7-16(8-6-15)32(30,31)21(22,23)24)19(29)26(13)17(20(2,3)4)14-9-11-25-12-10-14/h5-12,17,28H,1-4H3. The zero-order valence-corrected chi connectivity index (χ0v) is 18.6. The van der Waals surface area contributed by atoms with Crippen LogP contribution in [0.4, 0.5) is 13.2 Å². The van der Waals surface area contributed by atoms with Gasteiger partial charge in [-0.25, -0.2) is 17.8 Å². The van der Waals surface area contributed by atoms with Gasteiger partial charge in [-0.1, -0.05) is 20.8 Å². The number of imidazole rings is 1. The second kappa shape index (κ2) is 7.80. The third-order valence-corrected chi connectivity index (χ3v) is 6.61. The number of pyridine rings is 1. The summed E-state index contributed by atoms with van der Waals surface area (Å²) < 4.78 is 63.9. The van der Waals surface area contributed by atoms with E-state index in [4.69, 9.17) is 0 Å². The SMILES string of the molecule is Cc1c(O)n(-c2ccc(S(=O)(=O)C(F)(F)F)cc2)c(=O)n1C(c1ccncc1)C(C)(C)C. The monoisotopic (exact) mass is 469 g/mol. The minimum atomic E-state index is -5.53. The Hall–Kier alpha value is -3.08. The Labute approximate surface area is 182 Å². The first-order chi connectivity index (χ1) is 14.7. The quantitative estimate of drug-likeness (QED) is 0.624. The smallest absolute Gasteiger partial charge is 0.493 e. The fraction of sp³-hybridized carbons (Fsp3) is 0.333. The van der Waals surface area contributed by atoms with E-state index in [9.17, 15) is 31.5 Å². The fourth-order valence-corrected chi connectivity index (χ4v) is 4.40. The maximum Gasteiger partial charge on any atom is 0.501 e. The van der Waals surface area contributed by atoms with E-state index in [0.29, 0.717) is 0 Å². The fourth-order valence-electron chi connectivity index (χ4n) is 3.64. The molecule has 2 heterocycles. The summed E-state index contributed by atoms with van der Waals surface area (Å²) in [5.41, 5.74) is -5.47. The summed E-state index contributed by atoms with van der Waals surface area (Å²) in [6.07, 6.45) is 3.18. The Balaban J connectivity index is 2.18. The van der Waals surface area contributed by atoms with Crippen molar-refractivity contribution >= 4 is 9.84 Å². The van der Waals surface area contributed by atoms with Crippen LogP contribution in [0.5, 0.6) is 5.88 Å². The van der Waals surface area contributed by atoms with Crippen LogP contribution < -0.4 is 5.69 Å². The van der Waals surface area contributed by atoms with E-state index in [0.717, 1.165) is 34.4 Å². The van der Waals surface area contributed by atoms with Crippen molar-refractivity contribution in [2.45, 2.75) is 44.1 Å². The van der Waals surface area contributed by atoms with Gasteiger partial charge in [0.15, 0.2) is 0 Å². The molecule has 7 nitrogen and oxygen atoms in total. The molecule has 32 heavy (non-hydrogen) atoms. The predicted octanol–water partition coefficient (Wildman–Crippen LogP) is 3.98. The Kier molecular flexibility index (Phi) is 5.75. The summed E-state index contributed by atoms with van der Waals surface area (Å²) in [4.78, 5) is 16.4. The van der Waals surface area contributed by atoms with Crippen molar-refractivity contribution in [3.63, 3.8) is 0 Å². The molecule has 0 bridgehead atoms. The van der Waals surface area contributed by atoms with Crippen molar-refractivity contribution < 1.29 is 26.7 Å². The molecule has 11 heteroatoms. The minimum absolute atomic E-state index is 0.0258. The molecule has 0 saturated carbocycles. The number of hydrogen-bond donors (Lipinski definition) is 1. The van der Waals surface area contributed by atoms with Gasteiger partial charge < -0.3 is 5.11 Å². The average molecular weight is 469 g/mol. The van der Waals surface area contributed by atoms with Gasteiger partial charge >= 0.3 is 11.2 Å². The molecule has 3 aromatic rings. The van der Waals surface area contributed by atoms with Crippen LogP contribution in [-0.4, -0.2) is 33.2 Å². The molecule has 0 fully saturated rings. The molecule has 0 radical (unpaired) electrons. The minimum Gasteiger partial charge on any atom is -0.493 e. The number of benzene rings is 1. The summed E-state index contributed by atoms with van der Waals surface area (Å²) in [6.45, 7) is 7.33. The number of alkyl halides is 3. The summed E-state index contributed by atoms with van der Waals surface area (Å²) in [7, 11) is -5.53. The number of hydrogen-bond acceptors (Lipinski definition) is 5. The molecule has 0 aliphatic heterocycles. The maximum absolute atomic E-state index is 13.4. The Morgan fingerprint density at radius 3 is 2.00 bits per heavy atom. The number of halogens is 3. The van der Waals surface area contributed by atoms with Crippen LogP contribution in [0.25, 0.3) is 5.69 Å². The second-order valence-corrected chi connectivity index (χ2v) is 10.3. The van der Waals surface area contributed by atoms with Crippen LogP contribution in [0, 0.1) is 12.3 Å². The van der Waals surface area contributed by atoms with Gasteiger partial charge in [-0.3, -0.25) is 9.55 Å². The number of aromatic nitrogens is 3. The molecule has 1 atom stereocenters. The first kappa shape index (κ1) is 23.6. The molecule has 1 N–H and O–H groups in total. The highest BCUT2D eigenvalue weighted by Crippen LogP contribution is 2.38. The molecule has 0 saturated heterocycles. The van der Waals surface area contributed by atoms with E-state index in [1.165, 1.54) is 4.57 Å². The average Bonchev–Trinajstić information content (AvgIpc) is 2.91.